The number of hydrogen-bond acceptors (Lipinski definition) is 7. The van der Waals surface area contributed by atoms with Gasteiger partial charge < -0.3 is 23.4 Å². The van der Waals surface area contributed by atoms with Gasteiger partial charge in [0.2, 0.25) is 5.43 Å². The largest absolute Gasteiger partial charge is 0.486 e. The van der Waals surface area contributed by atoms with E-state index in [4.69, 9.17) is 23.4 Å². The predicted molar refractivity (Wildman–Crippen MR) is 120 cm³/mol. The molecule has 0 fully saturated rings. The Bertz CT molecular complexity index is 1220. The van der Waals surface area contributed by atoms with Gasteiger partial charge in [-0.3, -0.25) is 4.79 Å². The van der Waals surface area contributed by atoms with Crippen LogP contribution in [-0.2, 0) is 16.0 Å². The summed E-state index contributed by atoms with van der Waals surface area (Å²) < 4.78 is 28.1. The van der Waals surface area contributed by atoms with E-state index >= 15 is 0 Å². The minimum absolute atomic E-state index is 0.138. The van der Waals surface area contributed by atoms with E-state index in [1.165, 1.54) is 0 Å². The Balaban J connectivity index is 1.74. The average Bonchev–Trinajstić information content (AvgIpc) is 2.76. The van der Waals surface area contributed by atoms with Crippen LogP contribution < -0.4 is 19.6 Å². The third-order valence-corrected chi connectivity index (χ3v) is 5.17. The topological polar surface area (TPSA) is 84.2 Å². The lowest BCUT2D eigenvalue weighted by atomic mass is 10.00. The van der Waals surface area contributed by atoms with Crippen LogP contribution in [0.25, 0.3) is 22.1 Å². The second-order valence-corrected chi connectivity index (χ2v) is 7.86. The van der Waals surface area contributed by atoms with Gasteiger partial charge in [0.25, 0.3) is 0 Å². The van der Waals surface area contributed by atoms with E-state index in [1.54, 1.807) is 45.0 Å². The van der Waals surface area contributed by atoms with Crippen molar-refractivity contribution in [2.75, 3.05) is 19.8 Å². The summed E-state index contributed by atoms with van der Waals surface area (Å²) in [7, 11) is 0. The molecule has 3 aromatic rings. The summed E-state index contributed by atoms with van der Waals surface area (Å²) in [5, 5.41) is 0.453. The second-order valence-electron chi connectivity index (χ2n) is 7.86. The number of rotatable bonds is 6. The summed E-state index contributed by atoms with van der Waals surface area (Å²) in [6, 6.07) is 8.87. The molecule has 0 atom stereocenters. The van der Waals surface area contributed by atoms with Gasteiger partial charge in [-0.2, -0.15) is 0 Å². The van der Waals surface area contributed by atoms with Crippen molar-refractivity contribution in [3.63, 3.8) is 0 Å². The minimum atomic E-state index is -0.450. The maximum atomic E-state index is 13.4. The summed E-state index contributed by atoms with van der Waals surface area (Å²) in [6.07, 6.45) is 0.407. The third-order valence-electron chi connectivity index (χ3n) is 5.17. The summed E-state index contributed by atoms with van der Waals surface area (Å²) in [5.41, 5.74) is 2.25. The number of aryl methyl sites for hydroxylation is 2. The lowest BCUT2D eigenvalue weighted by Gasteiger charge is -2.19. The van der Waals surface area contributed by atoms with E-state index in [9.17, 15) is 9.59 Å². The molecule has 4 rings (SSSR count). The molecular formula is C25H26O7. The highest BCUT2D eigenvalue weighted by Gasteiger charge is 2.19. The van der Waals surface area contributed by atoms with Gasteiger partial charge in [-0.05, 0) is 56.5 Å². The molecule has 0 bridgehead atoms. The molecule has 0 radical (unpaired) electrons. The van der Waals surface area contributed by atoms with Crippen LogP contribution >= 0.6 is 0 Å². The van der Waals surface area contributed by atoms with Gasteiger partial charge in [-0.25, -0.2) is 4.79 Å². The monoisotopic (exact) mass is 438 g/mol. The molecule has 7 heteroatoms. The van der Waals surface area contributed by atoms with Crippen molar-refractivity contribution in [1.29, 1.82) is 0 Å². The van der Waals surface area contributed by atoms with Crippen LogP contribution in [0.15, 0.2) is 39.5 Å². The Kier molecular flexibility index (Phi) is 6.08. The summed E-state index contributed by atoms with van der Waals surface area (Å²) >= 11 is 0. The first-order valence-corrected chi connectivity index (χ1v) is 10.7. The van der Waals surface area contributed by atoms with Crippen LogP contribution in [0.5, 0.6) is 17.2 Å². The normalized spacial score (nSPS) is 12.8. The fourth-order valence-electron chi connectivity index (χ4n) is 3.76. The van der Waals surface area contributed by atoms with Crippen molar-refractivity contribution in [2.45, 2.75) is 40.2 Å². The number of benzene rings is 2. The molecule has 0 aliphatic carbocycles. The molecule has 0 saturated carbocycles. The highest BCUT2D eigenvalue weighted by molar-refractivity contribution is 5.85. The van der Waals surface area contributed by atoms with Crippen LogP contribution in [0.3, 0.4) is 0 Å². The Hall–Kier alpha value is -3.48. The fourth-order valence-corrected chi connectivity index (χ4v) is 3.76. The van der Waals surface area contributed by atoms with Gasteiger partial charge in [0.15, 0.2) is 18.1 Å². The molecule has 2 heterocycles. The van der Waals surface area contributed by atoms with Gasteiger partial charge in [-0.15, -0.1) is 0 Å². The van der Waals surface area contributed by atoms with Gasteiger partial charge in [0, 0.05) is 6.07 Å². The smallest absolute Gasteiger partial charge is 0.344 e. The zero-order chi connectivity index (χ0) is 22.8. The Morgan fingerprint density at radius 1 is 1.09 bits per heavy atom. The maximum Gasteiger partial charge on any atom is 0.344 e. The van der Waals surface area contributed by atoms with Crippen molar-refractivity contribution in [1.82, 2.24) is 0 Å². The van der Waals surface area contributed by atoms with E-state index < -0.39 is 5.97 Å². The van der Waals surface area contributed by atoms with Crippen molar-refractivity contribution >= 4 is 16.9 Å². The SMILES string of the molecule is CCc1cc2c(=O)c(-c3ccc4c(c3)OCCO4)c(C)oc2cc1OCC(=O)OC(C)C. The van der Waals surface area contributed by atoms with E-state index in [1.807, 2.05) is 13.0 Å². The summed E-state index contributed by atoms with van der Waals surface area (Å²) in [6.45, 7) is 8.02. The molecule has 1 aromatic heterocycles. The molecule has 1 aliphatic rings. The molecule has 0 saturated heterocycles. The number of carbonyl (C=O) groups is 1. The number of fused-ring (bicyclic) bond motifs is 2. The Labute approximate surface area is 185 Å². The molecule has 7 nitrogen and oxygen atoms in total. The first kappa shape index (κ1) is 21.7. The standard InChI is InChI=1S/C25H26O7/c1-5-16-10-18-21(12-20(16)30-13-23(26)31-14(2)3)32-15(4)24(25(18)27)17-6-7-19-22(11-17)29-9-8-28-19/h6-7,10-12,14H,5,8-9,13H2,1-4H3. The van der Waals surface area contributed by atoms with Gasteiger partial charge >= 0.3 is 5.97 Å². The van der Waals surface area contributed by atoms with E-state index in [0.717, 1.165) is 5.56 Å². The van der Waals surface area contributed by atoms with Crippen molar-refractivity contribution in [3.05, 3.63) is 51.9 Å². The second kappa shape index (κ2) is 8.94. The van der Waals surface area contributed by atoms with Gasteiger partial charge in [0.05, 0.1) is 17.1 Å². The molecule has 2 aromatic carbocycles. The highest BCUT2D eigenvalue weighted by atomic mass is 16.6. The molecular weight excluding hydrogens is 412 g/mol. The van der Waals surface area contributed by atoms with Crippen LogP contribution in [0.2, 0.25) is 0 Å². The van der Waals surface area contributed by atoms with Gasteiger partial charge in [-0.1, -0.05) is 13.0 Å². The zero-order valence-corrected chi connectivity index (χ0v) is 18.7. The van der Waals surface area contributed by atoms with Crippen LogP contribution in [-0.4, -0.2) is 31.9 Å². The van der Waals surface area contributed by atoms with E-state index in [2.05, 4.69) is 0 Å². The highest BCUT2D eigenvalue weighted by Crippen LogP contribution is 2.36. The maximum absolute atomic E-state index is 13.4. The summed E-state index contributed by atoms with van der Waals surface area (Å²) in [4.78, 5) is 25.3. The average molecular weight is 438 g/mol. The van der Waals surface area contributed by atoms with Crippen LogP contribution in [0.1, 0.15) is 32.1 Å². The molecule has 0 N–H and O–H groups in total. The fraction of sp³-hybridized carbons (Fsp3) is 0.360. The zero-order valence-electron chi connectivity index (χ0n) is 18.7. The van der Waals surface area contributed by atoms with Gasteiger partial charge in [0.1, 0.15) is 30.3 Å². The number of esters is 1. The first-order chi connectivity index (χ1) is 15.4. The van der Waals surface area contributed by atoms with Crippen LogP contribution in [0, 0.1) is 6.92 Å². The van der Waals surface area contributed by atoms with Crippen molar-refractivity contribution < 1.29 is 28.2 Å². The van der Waals surface area contributed by atoms with Crippen LogP contribution in [0.4, 0.5) is 0 Å². The molecule has 168 valence electrons. The minimum Gasteiger partial charge on any atom is -0.486 e. The number of ether oxygens (including phenoxy) is 4. The Morgan fingerprint density at radius 2 is 1.84 bits per heavy atom. The Morgan fingerprint density at radius 3 is 2.56 bits per heavy atom. The lowest BCUT2D eigenvalue weighted by Crippen LogP contribution is -2.19. The van der Waals surface area contributed by atoms with E-state index in [-0.39, 0.29) is 18.1 Å². The molecule has 0 spiro atoms. The molecule has 32 heavy (non-hydrogen) atoms. The van der Waals surface area contributed by atoms with Crippen molar-refractivity contribution in [3.8, 4) is 28.4 Å². The molecule has 1 aliphatic heterocycles. The quantitative estimate of drug-likeness (QED) is 0.526. The third kappa shape index (κ3) is 4.28. The number of hydrogen-bond donors (Lipinski definition) is 0. The predicted octanol–water partition coefficient (Wildman–Crippen LogP) is 4.43. The summed E-state index contributed by atoms with van der Waals surface area (Å²) in [5.74, 6) is 1.80. The van der Waals surface area contributed by atoms with E-state index in [0.29, 0.717) is 64.7 Å². The van der Waals surface area contributed by atoms with Crippen molar-refractivity contribution in [2.24, 2.45) is 0 Å². The number of carbonyl (C=O) groups excluding carboxylic acids is 1. The lowest BCUT2D eigenvalue weighted by molar-refractivity contribution is -0.149. The molecule has 0 unspecified atom stereocenters. The first-order valence-electron chi connectivity index (χ1n) is 10.7. The molecule has 0 amide bonds.